The highest BCUT2D eigenvalue weighted by atomic mass is 16.2. The van der Waals surface area contributed by atoms with Crippen molar-refractivity contribution in [3.05, 3.63) is 29.3 Å². The number of benzene rings is 1. The van der Waals surface area contributed by atoms with E-state index in [0.29, 0.717) is 5.92 Å². The number of amides is 1. The van der Waals surface area contributed by atoms with Gasteiger partial charge in [0.1, 0.15) is 0 Å². The van der Waals surface area contributed by atoms with Gasteiger partial charge < -0.3 is 15.1 Å². The Balaban J connectivity index is 1.97. The Bertz CT molecular complexity index is 493. The Morgan fingerprint density at radius 2 is 2.05 bits per heavy atom. The molecule has 0 bridgehead atoms. The Labute approximate surface area is 128 Å². The Kier molecular flexibility index (Phi) is 5.23. The van der Waals surface area contributed by atoms with Crippen molar-refractivity contribution in [2.45, 2.75) is 19.8 Å². The van der Waals surface area contributed by atoms with Crippen LogP contribution in [0, 0.1) is 12.8 Å². The van der Waals surface area contributed by atoms with E-state index in [4.69, 9.17) is 0 Å². The molecule has 2 rings (SSSR count). The molecule has 1 saturated heterocycles. The number of piperidine rings is 1. The van der Waals surface area contributed by atoms with Crippen molar-refractivity contribution in [1.82, 2.24) is 9.80 Å². The van der Waals surface area contributed by atoms with Crippen LogP contribution in [0.5, 0.6) is 0 Å². The first-order valence-electron chi connectivity index (χ1n) is 7.73. The first kappa shape index (κ1) is 15.8. The SMILES string of the molecule is CNc1ccc(C(=O)N(C)CC2CCN(C)CC2)cc1C. The first-order valence-corrected chi connectivity index (χ1v) is 7.73. The predicted octanol–water partition coefficient (Wildman–Crippen LogP) is 2.45. The zero-order chi connectivity index (χ0) is 15.4. The number of carbonyl (C=O) groups excluding carboxylic acids is 1. The number of hydrogen-bond donors (Lipinski definition) is 1. The van der Waals surface area contributed by atoms with Crippen LogP contribution in [-0.4, -0.2) is 56.5 Å². The summed E-state index contributed by atoms with van der Waals surface area (Å²) in [6, 6.07) is 5.86. The standard InChI is InChI=1S/C17H27N3O/c1-13-11-15(5-6-16(13)18-2)17(21)20(4)12-14-7-9-19(3)10-8-14/h5-6,11,14,18H,7-10,12H2,1-4H3. The van der Waals surface area contributed by atoms with E-state index in [2.05, 4.69) is 17.3 Å². The second-order valence-electron chi connectivity index (χ2n) is 6.21. The quantitative estimate of drug-likeness (QED) is 0.925. The molecule has 4 nitrogen and oxygen atoms in total. The third-order valence-electron chi connectivity index (χ3n) is 4.46. The molecule has 0 unspecified atom stereocenters. The van der Waals surface area contributed by atoms with Gasteiger partial charge in [0.05, 0.1) is 0 Å². The average molecular weight is 289 g/mol. The van der Waals surface area contributed by atoms with Crippen molar-refractivity contribution in [1.29, 1.82) is 0 Å². The first-order chi connectivity index (χ1) is 10.0. The molecule has 4 heteroatoms. The van der Waals surface area contributed by atoms with Gasteiger partial charge in [0.2, 0.25) is 0 Å². The van der Waals surface area contributed by atoms with E-state index in [0.717, 1.165) is 36.4 Å². The number of likely N-dealkylation sites (tertiary alicyclic amines) is 1. The molecular formula is C17H27N3O. The fourth-order valence-electron chi connectivity index (χ4n) is 3.01. The van der Waals surface area contributed by atoms with Crippen LogP contribution in [0.25, 0.3) is 0 Å². The zero-order valence-corrected chi connectivity index (χ0v) is 13.6. The fraction of sp³-hybridized carbons (Fsp3) is 0.588. The number of nitrogens with one attached hydrogen (secondary N) is 1. The van der Waals surface area contributed by atoms with Gasteiger partial charge in [-0.25, -0.2) is 0 Å². The summed E-state index contributed by atoms with van der Waals surface area (Å²) in [6.07, 6.45) is 2.37. The van der Waals surface area contributed by atoms with E-state index in [1.54, 1.807) is 0 Å². The third kappa shape index (κ3) is 3.97. The van der Waals surface area contributed by atoms with Gasteiger partial charge in [0.25, 0.3) is 5.91 Å². The predicted molar refractivity (Wildman–Crippen MR) is 87.9 cm³/mol. The molecule has 1 aromatic carbocycles. The molecule has 0 spiro atoms. The maximum atomic E-state index is 12.5. The number of rotatable bonds is 4. The molecule has 0 saturated carbocycles. The minimum Gasteiger partial charge on any atom is -0.388 e. The molecule has 21 heavy (non-hydrogen) atoms. The lowest BCUT2D eigenvalue weighted by Gasteiger charge is -2.31. The van der Waals surface area contributed by atoms with Gasteiger partial charge in [-0.1, -0.05) is 0 Å². The highest BCUT2D eigenvalue weighted by Gasteiger charge is 2.21. The van der Waals surface area contributed by atoms with Crippen LogP contribution in [-0.2, 0) is 0 Å². The summed E-state index contributed by atoms with van der Waals surface area (Å²) in [7, 11) is 5.98. The molecule has 1 aliphatic rings. The normalized spacial score (nSPS) is 16.8. The van der Waals surface area contributed by atoms with Gasteiger partial charge in [-0.05, 0) is 69.6 Å². The molecule has 1 aliphatic heterocycles. The minimum absolute atomic E-state index is 0.125. The second kappa shape index (κ2) is 6.94. The number of hydrogen-bond acceptors (Lipinski definition) is 3. The van der Waals surface area contributed by atoms with E-state index >= 15 is 0 Å². The Morgan fingerprint density at radius 3 is 2.62 bits per heavy atom. The number of nitrogens with zero attached hydrogens (tertiary/aromatic N) is 2. The summed E-state index contributed by atoms with van der Waals surface area (Å²) in [5.74, 6) is 0.757. The summed E-state index contributed by atoms with van der Waals surface area (Å²) >= 11 is 0. The van der Waals surface area contributed by atoms with Gasteiger partial charge in [-0.15, -0.1) is 0 Å². The molecular weight excluding hydrogens is 262 g/mol. The van der Waals surface area contributed by atoms with Crippen LogP contribution in [0.4, 0.5) is 5.69 Å². The molecule has 1 aromatic rings. The largest absolute Gasteiger partial charge is 0.388 e. The number of carbonyl (C=O) groups is 1. The van der Waals surface area contributed by atoms with Gasteiger partial charge in [-0.2, -0.15) is 0 Å². The lowest BCUT2D eigenvalue weighted by molar-refractivity contribution is 0.0747. The van der Waals surface area contributed by atoms with Gasteiger partial charge in [0.15, 0.2) is 0 Å². The highest BCUT2D eigenvalue weighted by molar-refractivity contribution is 5.94. The molecule has 1 amide bonds. The smallest absolute Gasteiger partial charge is 0.253 e. The van der Waals surface area contributed by atoms with Gasteiger partial charge in [0, 0.05) is 31.9 Å². The van der Waals surface area contributed by atoms with Crippen LogP contribution in [0.1, 0.15) is 28.8 Å². The monoisotopic (exact) mass is 289 g/mol. The molecule has 0 aromatic heterocycles. The zero-order valence-electron chi connectivity index (χ0n) is 13.6. The summed E-state index contributed by atoms with van der Waals surface area (Å²) in [5.41, 5.74) is 2.96. The van der Waals surface area contributed by atoms with E-state index in [9.17, 15) is 4.79 Å². The van der Waals surface area contributed by atoms with Crippen LogP contribution in [0.15, 0.2) is 18.2 Å². The summed E-state index contributed by atoms with van der Waals surface area (Å²) in [6.45, 7) is 5.17. The van der Waals surface area contributed by atoms with Crippen LogP contribution < -0.4 is 5.32 Å². The highest BCUT2D eigenvalue weighted by Crippen LogP contribution is 2.20. The molecule has 0 aliphatic carbocycles. The minimum atomic E-state index is 0.125. The van der Waals surface area contributed by atoms with E-state index in [-0.39, 0.29) is 5.91 Å². The topological polar surface area (TPSA) is 35.6 Å². The maximum Gasteiger partial charge on any atom is 0.253 e. The van der Waals surface area contributed by atoms with E-state index < -0.39 is 0 Å². The van der Waals surface area contributed by atoms with Crippen molar-refractivity contribution < 1.29 is 4.79 Å². The van der Waals surface area contributed by atoms with Crippen LogP contribution in [0.2, 0.25) is 0 Å². The van der Waals surface area contributed by atoms with Gasteiger partial charge in [-0.3, -0.25) is 4.79 Å². The number of aryl methyl sites for hydroxylation is 1. The third-order valence-corrected chi connectivity index (χ3v) is 4.46. The van der Waals surface area contributed by atoms with Crippen LogP contribution in [0.3, 0.4) is 0 Å². The summed E-state index contributed by atoms with van der Waals surface area (Å²) in [4.78, 5) is 16.8. The van der Waals surface area contributed by atoms with Crippen molar-refractivity contribution in [3.63, 3.8) is 0 Å². The number of anilines is 1. The average Bonchev–Trinajstić information content (AvgIpc) is 2.48. The van der Waals surface area contributed by atoms with E-state index in [1.807, 2.05) is 44.1 Å². The van der Waals surface area contributed by atoms with Gasteiger partial charge >= 0.3 is 0 Å². The van der Waals surface area contributed by atoms with E-state index in [1.165, 1.54) is 12.8 Å². The van der Waals surface area contributed by atoms with Crippen molar-refractivity contribution >= 4 is 11.6 Å². The van der Waals surface area contributed by atoms with Crippen molar-refractivity contribution in [3.8, 4) is 0 Å². The summed E-state index contributed by atoms with van der Waals surface area (Å²) in [5, 5.41) is 3.13. The van der Waals surface area contributed by atoms with Crippen molar-refractivity contribution in [2.24, 2.45) is 5.92 Å². The Morgan fingerprint density at radius 1 is 1.38 bits per heavy atom. The Hall–Kier alpha value is -1.55. The lowest BCUT2D eigenvalue weighted by Crippen LogP contribution is -2.38. The lowest BCUT2D eigenvalue weighted by atomic mass is 9.96. The molecule has 1 heterocycles. The molecule has 1 fully saturated rings. The fourth-order valence-corrected chi connectivity index (χ4v) is 3.01. The molecule has 0 radical (unpaired) electrons. The summed E-state index contributed by atoms with van der Waals surface area (Å²) < 4.78 is 0. The molecule has 0 atom stereocenters. The van der Waals surface area contributed by atoms with Crippen molar-refractivity contribution in [2.75, 3.05) is 46.1 Å². The maximum absolute atomic E-state index is 12.5. The second-order valence-corrected chi connectivity index (χ2v) is 6.21. The molecule has 116 valence electrons. The molecule has 1 N–H and O–H groups in total. The van der Waals surface area contributed by atoms with Crippen LogP contribution >= 0.6 is 0 Å².